The topological polar surface area (TPSA) is 35.2 Å². The van der Waals surface area contributed by atoms with E-state index in [4.69, 9.17) is 22.1 Å². The van der Waals surface area contributed by atoms with Gasteiger partial charge >= 0.3 is 0 Å². The maximum Gasteiger partial charge on any atom is 0.0975 e. The molecule has 0 bridgehead atoms. The smallest absolute Gasteiger partial charge is 0.0975 e. The first-order valence-corrected chi connectivity index (χ1v) is 6.71. The Balaban J connectivity index is 2.04. The van der Waals surface area contributed by atoms with Crippen LogP contribution in [0.5, 0.6) is 0 Å². The van der Waals surface area contributed by atoms with Crippen LogP contribution in [-0.4, -0.2) is 12.6 Å². The number of benzene rings is 1. The second-order valence-electron chi connectivity index (χ2n) is 4.82. The van der Waals surface area contributed by atoms with Gasteiger partial charge in [0.25, 0.3) is 0 Å². The van der Waals surface area contributed by atoms with E-state index < -0.39 is 0 Å². The Bertz CT molecular complexity index is 348. The van der Waals surface area contributed by atoms with Crippen molar-refractivity contribution >= 4 is 11.6 Å². The molecule has 2 nitrogen and oxygen atoms in total. The molecule has 0 amide bonds. The summed E-state index contributed by atoms with van der Waals surface area (Å²) in [5.74, 6) is 0.758. The van der Waals surface area contributed by atoms with Gasteiger partial charge in [0.1, 0.15) is 0 Å². The molecule has 3 heteroatoms. The molecule has 0 spiro atoms. The van der Waals surface area contributed by atoms with Crippen molar-refractivity contribution in [1.29, 1.82) is 0 Å². The molecule has 2 N–H and O–H groups in total. The third-order valence-corrected chi connectivity index (χ3v) is 3.52. The highest BCUT2D eigenvalue weighted by Gasteiger charge is 2.26. The Morgan fingerprint density at radius 2 is 2.00 bits per heavy atom. The van der Waals surface area contributed by atoms with Gasteiger partial charge in [-0.3, -0.25) is 0 Å². The van der Waals surface area contributed by atoms with Crippen LogP contribution in [0.2, 0.25) is 5.02 Å². The van der Waals surface area contributed by atoms with Crippen LogP contribution >= 0.6 is 11.6 Å². The standard InChI is InChI=1S/C14H20ClNO/c1-2-13(16)14(17-9-10-3-4-10)11-5-7-12(15)8-6-11/h5-8,10,13-14H,2-4,9,16H2,1H3. The molecule has 1 fully saturated rings. The van der Waals surface area contributed by atoms with Crippen LogP contribution in [0.3, 0.4) is 0 Å². The molecular formula is C14H20ClNO. The van der Waals surface area contributed by atoms with E-state index in [-0.39, 0.29) is 12.1 Å². The summed E-state index contributed by atoms with van der Waals surface area (Å²) in [4.78, 5) is 0. The van der Waals surface area contributed by atoms with Gasteiger partial charge in [0.2, 0.25) is 0 Å². The van der Waals surface area contributed by atoms with E-state index in [9.17, 15) is 0 Å². The summed E-state index contributed by atoms with van der Waals surface area (Å²) < 4.78 is 5.98. The van der Waals surface area contributed by atoms with Crippen molar-refractivity contribution in [2.75, 3.05) is 6.61 Å². The normalized spacial score (nSPS) is 19.0. The van der Waals surface area contributed by atoms with Crippen molar-refractivity contribution in [3.8, 4) is 0 Å². The average Bonchev–Trinajstić information content (AvgIpc) is 3.15. The van der Waals surface area contributed by atoms with Gasteiger partial charge in [0.05, 0.1) is 12.7 Å². The molecule has 0 saturated heterocycles. The van der Waals surface area contributed by atoms with Crippen molar-refractivity contribution in [3.05, 3.63) is 34.9 Å². The van der Waals surface area contributed by atoms with Crippen molar-refractivity contribution in [2.24, 2.45) is 11.7 Å². The molecule has 1 aromatic rings. The fraction of sp³-hybridized carbons (Fsp3) is 0.571. The van der Waals surface area contributed by atoms with E-state index in [0.29, 0.717) is 0 Å². The zero-order valence-electron chi connectivity index (χ0n) is 10.2. The maximum atomic E-state index is 6.14. The molecule has 2 atom stereocenters. The minimum Gasteiger partial charge on any atom is -0.372 e. The molecule has 2 rings (SSSR count). The molecule has 94 valence electrons. The average molecular weight is 254 g/mol. The van der Waals surface area contributed by atoms with Crippen LogP contribution in [0, 0.1) is 5.92 Å². The highest BCUT2D eigenvalue weighted by atomic mass is 35.5. The lowest BCUT2D eigenvalue weighted by Crippen LogP contribution is -2.30. The van der Waals surface area contributed by atoms with E-state index in [2.05, 4.69) is 6.92 Å². The Labute approximate surface area is 108 Å². The lowest BCUT2D eigenvalue weighted by molar-refractivity contribution is 0.0268. The van der Waals surface area contributed by atoms with Crippen molar-refractivity contribution in [1.82, 2.24) is 0 Å². The van der Waals surface area contributed by atoms with Crippen LogP contribution in [0.4, 0.5) is 0 Å². The van der Waals surface area contributed by atoms with E-state index in [1.165, 1.54) is 12.8 Å². The van der Waals surface area contributed by atoms with Crippen molar-refractivity contribution < 1.29 is 4.74 Å². The van der Waals surface area contributed by atoms with Gasteiger partial charge in [-0.2, -0.15) is 0 Å². The molecule has 0 aliphatic heterocycles. The summed E-state index contributed by atoms with van der Waals surface area (Å²) in [7, 11) is 0. The predicted molar refractivity (Wildman–Crippen MR) is 71.1 cm³/mol. The Morgan fingerprint density at radius 3 is 2.53 bits per heavy atom. The number of hydrogen-bond donors (Lipinski definition) is 1. The summed E-state index contributed by atoms with van der Waals surface area (Å²) in [5.41, 5.74) is 7.27. The molecule has 1 aliphatic carbocycles. The third kappa shape index (κ3) is 3.70. The third-order valence-electron chi connectivity index (χ3n) is 3.27. The SMILES string of the molecule is CCC(N)C(OCC1CC1)c1ccc(Cl)cc1. The number of nitrogens with two attached hydrogens (primary N) is 1. The van der Waals surface area contributed by atoms with Gasteiger partial charge in [0, 0.05) is 11.1 Å². The lowest BCUT2D eigenvalue weighted by Gasteiger charge is -2.24. The Morgan fingerprint density at radius 1 is 1.35 bits per heavy atom. The van der Waals surface area contributed by atoms with Gasteiger partial charge < -0.3 is 10.5 Å². The minimum atomic E-state index is -0.00198. The van der Waals surface area contributed by atoms with Gasteiger partial charge in [-0.05, 0) is 42.9 Å². The van der Waals surface area contributed by atoms with Crippen LogP contribution in [-0.2, 0) is 4.74 Å². The quantitative estimate of drug-likeness (QED) is 0.842. The van der Waals surface area contributed by atoms with Crippen LogP contribution < -0.4 is 5.73 Å². The molecule has 1 saturated carbocycles. The van der Waals surface area contributed by atoms with E-state index >= 15 is 0 Å². The van der Waals surface area contributed by atoms with E-state index in [1.807, 2.05) is 24.3 Å². The van der Waals surface area contributed by atoms with Crippen LogP contribution in [0.25, 0.3) is 0 Å². The summed E-state index contributed by atoms with van der Waals surface area (Å²) in [5, 5.41) is 0.750. The molecule has 1 aromatic carbocycles. The fourth-order valence-electron chi connectivity index (χ4n) is 1.86. The van der Waals surface area contributed by atoms with Gasteiger partial charge in [-0.25, -0.2) is 0 Å². The van der Waals surface area contributed by atoms with Gasteiger partial charge in [-0.15, -0.1) is 0 Å². The minimum absolute atomic E-state index is 0.00198. The second-order valence-corrected chi connectivity index (χ2v) is 5.26. The van der Waals surface area contributed by atoms with Crippen molar-refractivity contribution in [2.45, 2.75) is 38.3 Å². The summed E-state index contributed by atoms with van der Waals surface area (Å²) in [6.07, 6.45) is 3.51. The van der Waals surface area contributed by atoms with Crippen molar-refractivity contribution in [3.63, 3.8) is 0 Å². The number of ether oxygens (including phenoxy) is 1. The highest BCUT2D eigenvalue weighted by Crippen LogP contribution is 2.32. The number of halogens is 1. The maximum absolute atomic E-state index is 6.14. The first-order chi connectivity index (χ1) is 8.20. The largest absolute Gasteiger partial charge is 0.372 e. The fourth-order valence-corrected chi connectivity index (χ4v) is 1.98. The molecule has 17 heavy (non-hydrogen) atoms. The summed E-state index contributed by atoms with van der Waals surface area (Å²) >= 11 is 5.90. The highest BCUT2D eigenvalue weighted by molar-refractivity contribution is 6.30. The zero-order chi connectivity index (χ0) is 12.3. The van der Waals surface area contributed by atoms with E-state index in [0.717, 1.165) is 29.5 Å². The molecule has 2 unspecified atom stereocenters. The monoisotopic (exact) mass is 253 g/mol. The Kier molecular flexibility index (Phi) is 4.43. The molecule has 0 radical (unpaired) electrons. The summed E-state index contributed by atoms with van der Waals surface area (Å²) in [6.45, 7) is 2.93. The first kappa shape index (κ1) is 12.9. The number of rotatable bonds is 6. The first-order valence-electron chi connectivity index (χ1n) is 6.33. The molecular weight excluding hydrogens is 234 g/mol. The van der Waals surface area contributed by atoms with Crippen LogP contribution in [0.1, 0.15) is 37.9 Å². The van der Waals surface area contributed by atoms with Crippen LogP contribution in [0.15, 0.2) is 24.3 Å². The Hall–Kier alpha value is -0.570. The molecule has 0 aromatic heterocycles. The second kappa shape index (κ2) is 5.85. The number of hydrogen-bond acceptors (Lipinski definition) is 2. The van der Waals surface area contributed by atoms with E-state index in [1.54, 1.807) is 0 Å². The zero-order valence-corrected chi connectivity index (χ0v) is 11.0. The predicted octanol–water partition coefficient (Wildman–Crippen LogP) is 3.55. The van der Waals surface area contributed by atoms with Gasteiger partial charge in [-0.1, -0.05) is 30.7 Å². The lowest BCUT2D eigenvalue weighted by atomic mass is 10.0. The van der Waals surface area contributed by atoms with Gasteiger partial charge in [0.15, 0.2) is 0 Å². The summed E-state index contributed by atoms with van der Waals surface area (Å²) in [6, 6.07) is 7.86. The molecule has 1 aliphatic rings. The molecule has 0 heterocycles.